The summed E-state index contributed by atoms with van der Waals surface area (Å²) >= 11 is 0. The molecule has 3 nitrogen and oxygen atoms in total. The van der Waals surface area contributed by atoms with E-state index in [1.807, 2.05) is 13.8 Å². The molecule has 0 amide bonds. The highest BCUT2D eigenvalue weighted by molar-refractivity contribution is 4.71. The Hall–Kier alpha value is -0.120. The molecular weight excluding hydrogens is 192 g/mol. The van der Waals surface area contributed by atoms with Gasteiger partial charge in [-0.25, -0.2) is 5.11 Å². The predicted octanol–water partition coefficient (Wildman–Crippen LogP) is 3.01. The van der Waals surface area contributed by atoms with Crippen molar-refractivity contribution in [2.24, 2.45) is 5.92 Å². The van der Waals surface area contributed by atoms with Gasteiger partial charge in [-0.1, -0.05) is 20.8 Å². The van der Waals surface area contributed by atoms with Crippen molar-refractivity contribution in [2.75, 3.05) is 6.61 Å². The molecule has 0 aliphatic carbocycles. The lowest BCUT2D eigenvalue weighted by Crippen LogP contribution is -2.41. The second kappa shape index (κ2) is 6.46. The first-order chi connectivity index (χ1) is 6.77. The number of hydrogen-bond donors (Lipinski definition) is 0. The maximum atomic E-state index is 11.8. The molecule has 1 radical (unpaired) electrons. The van der Waals surface area contributed by atoms with E-state index < -0.39 is 11.9 Å². The molecule has 0 aromatic carbocycles. The third kappa shape index (κ3) is 6.88. The average Bonchev–Trinajstić information content (AvgIpc) is 2.09. The Morgan fingerprint density at radius 2 is 1.73 bits per heavy atom. The van der Waals surface area contributed by atoms with E-state index in [4.69, 9.17) is 9.47 Å². The zero-order valence-electron chi connectivity index (χ0n) is 10.9. The Labute approximate surface area is 93.8 Å². The summed E-state index contributed by atoms with van der Waals surface area (Å²) in [4.78, 5) is 0. The van der Waals surface area contributed by atoms with Crippen LogP contribution in [0.15, 0.2) is 0 Å². The van der Waals surface area contributed by atoms with E-state index in [9.17, 15) is 5.11 Å². The predicted molar refractivity (Wildman–Crippen MR) is 60.2 cm³/mol. The van der Waals surface area contributed by atoms with Crippen LogP contribution in [-0.4, -0.2) is 24.6 Å². The molecule has 0 saturated carbocycles. The summed E-state index contributed by atoms with van der Waals surface area (Å²) in [6.07, 6.45) is 0.294. The molecule has 15 heavy (non-hydrogen) atoms. The Morgan fingerprint density at radius 3 is 2.07 bits per heavy atom. The molecule has 91 valence electrons. The molecule has 0 aliphatic rings. The topological polar surface area (TPSA) is 38.4 Å². The van der Waals surface area contributed by atoms with Crippen molar-refractivity contribution >= 4 is 0 Å². The van der Waals surface area contributed by atoms with Crippen molar-refractivity contribution in [2.45, 2.75) is 66.0 Å². The Balaban J connectivity index is 4.20. The van der Waals surface area contributed by atoms with E-state index >= 15 is 0 Å². The minimum Gasteiger partial charge on any atom is -0.349 e. The maximum Gasteiger partial charge on any atom is 0.189 e. The maximum absolute atomic E-state index is 11.8. The third-order valence-corrected chi connectivity index (χ3v) is 2.08. The van der Waals surface area contributed by atoms with Crippen molar-refractivity contribution in [3.05, 3.63) is 0 Å². The van der Waals surface area contributed by atoms with Crippen molar-refractivity contribution in [3.8, 4) is 0 Å². The van der Waals surface area contributed by atoms with Gasteiger partial charge in [-0.3, -0.25) is 0 Å². The van der Waals surface area contributed by atoms with Gasteiger partial charge in [0.15, 0.2) is 6.29 Å². The lowest BCUT2D eigenvalue weighted by molar-refractivity contribution is -0.261. The van der Waals surface area contributed by atoms with Gasteiger partial charge >= 0.3 is 0 Å². The van der Waals surface area contributed by atoms with Gasteiger partial charge in [0.25, 0.3) is 0 Å². The highest BCUT2D eigenvalue weighted by Crippen LogP contribution is 2.18. The summed E-state index contributed by atoms with van der Waals surface area (Å²) in [6.45, 7) is 11.9. The van der Waals surface area contributed by atoms with Crippen LogP contribution in [0.2, 0.25) is 0 Å². The molecule has 0 saturated heterocycles. The molecular formula is C12H25O3. The smallest absolute Gasteiger partial charge is 0.189 e. The minimum atomic E-state index is -1.21. The first kappa shape index (κ1) is 14.9. The molecule has 0 N–H and O–H groups in total. The Bertz CT molecular complexity index is 161. The van der Waals surface area contributed by atoms with Crippen LogP contribution in [0, 0.1) is 5.92 Å². The molecule has 0 aliphatic heterocycles. The van der Waals surface area contributed by atoms with E-state index in [0.29, 0.717) is 12.5 Å². The normalized spacial score (nSPS) is 16.8. The zero-order chi connectivity index (χ0) is 12.1. The van der Waals surface area contributed by atoms with Crippen molar-refractivity contribution in [1.29, 1.82) is 0 Å². The lowest BCUT2D eigenvalue weighted by atomic mass is 10.1. The highest BCUT2D eigenvalue weighted by Gasteiger charge is 2.32. The van der Waals surface area contributed by atoms with Gasteiger partial charge in [-0.15, -0.1) is 0 Å². The van der Waals surface area contributed by atoms with Crippen LogP contribution in [0.5, 0.6) is 0 Å². The second-order valence-electron chi connectivity index (χ2n) is 5.02. The highest BCUT2D eigenvalue weighted by atomic mass is 16.7. The van der Waals surface area contributed by atoms with Crippen LogP contribution in [0.4, 0.5) is 0 Å². The Morgan fingerprint density at radius 1 is 1.20 bits per heavy atom. The first-order valence-electron chi connectivity index (χ1n) is 5.74. The molecule has 0 fully saturated rings. The van der Waals surface area contributed by atoms with Crippen LogP contribution in [0.1, 0.15) is 48.0 Å². The second-order valence-corrected chi connectivity index (χ2v) is 5.02. The SMILES string of the molecule is CCC(C)OC(OCC(C)C)C(C)(C)[O]. The summed E-state index contributed by atoms with van der Waals surface area (Å²) in [5.74, 6) is 0.412. The molecule has 0 spiro atoms. The molecule has 2 atom stereocenters. The summed E-state index contributed by atoms with van der Waals surface area (Å²) in [5, 5.41) is 11.8. The molecule has 0 aromatic heterocycles. The summed E-state index contributed by atoms with van der Waals surface area (Å²) in [6, 6.07) is 0. The fourth-order valence-corrected chi connectivity index (χ4v) is 0.991. The quantitative estimate of drug-likeness (QED) is 0.615. The zero-order valence-corrected chi connectivity index (χ0v) is 10.9. The Kier molecular flexibility index (Phi) is 6.41. The van der Waals surface area contributed by atoms with Crippen LogP contribution < -0.4 is 0 Å². The van der Waals surface area contributed by atoms with E-state index in [2.05, 4.69) is 13.8 Å². The first-order valence-corrected chi connectivity index (χ1v) is 5.74. The van der Waals surface area contributed by atoms with E-state index in [-0.39, 0.29) is 6.10 Å². The van der Waals surface area contributed by atoms with Gasteiger partial charge in [-0.05, 0) is 33.1 Å². The third-order valence-electron chi connectivity index (χ3n) is 2.08. The standard InChI is InChI=1S/C12H25O3/c1-7-10(4)15-11(12(5,6)13)14-8-9(2)3/h9-11H,7-8H2,1-6H3. The molecule has 3 heteroatoms. The molecule has 0 rings (SSSR count). The fraction of sp³-hybridized carbons (Fsp3) is 1.00. The van der Waals surface area contributed by atoms with Crippen molar-refractivity contribution in [3.63, 3.8) is 0 Å². The van der Waals surface area contributed by atoms with Gasteiger partial charge in [0, 0.05) is 0 Å². The molecule has 0 aromatic rings. The van der Waals surface area contributed by atoms with Crippen LogP contribution in [0.25, 0.3) is 0 Å². The van der Waals surface area contributed by atoms with Gasteiger partial charge in [0.05, 0.1) is 12.7 Å². The summed E-state index contributed by atoms with van der Waals surface area (Å²) in [7, 11) is 0. The van der Waals surface area contributed by atoms with Gasteiger partial charge in [0.1, 0.15) is 5.60 Å². The summed E-state index contributed by atoms with van der Waals surface area (Å²) in [5.41, 5.74) is -1.21. The van der Waals surface area contributed by atoms with E-state index in [1.165, 1.54) is 0 Å². The van der Waals surface area contributed by atoms with Gasteiger partial charge < -0.3 is 9.47 Å². The monoisotopic (exact) mass is 217 g/mol. The minimum absolute atomic E-state index is 0.0652. The van der Waals surface area contributed by atoms with Crippen LogP contribution in [0.3, 0.4) is 0 Å². The number of rotatable bonds is 7. The fourth-order valence-electron chi connectivity index (χ4n) is 0.991. The largest absolute Gasteiger partial charge is 0.349 e. The van der Waals surface area contributed by atoms with Crippen LogP contribution >= 0.6 is 0 Å². The van der Waals surface area contributed by atoms with E-state index in [0.717, 1.165) is 6.42 Å². The van der Waals surface area contributed by atoms with Crippen molar-refractivity contribution in [1.82, 2.24) is 0 Å². The van der Waals surface area contributed by atoms with Crippen molar-refractivity contribution < 1.29 is 14.6 Å². The van der Waals surface area contributed by atoms with Gasteiger partial charge in [-0.2, -0.15) is 0 Å². The lowest BCUT2D eigenvalue weighted by Gasteiger charge is -2.30. The summed E-state index contributed by atoms with van der Waals surface area (Å²) < 4.78 is 11.1. The number of ether oxygens (including phenoxy) is 2. The van der Waals surface area contributed by atoms with Crippen LogP contribution in [-0.2, 0) is 14.6 Å². The molecule has 2 unspecified atom stereocenters. The number of hydrogen-bond acceptors (Lipinski definition) is 2. The van der Waals surface area contributed by atoms with Gasteiger partial charge in [0.2, 0.25) is 0 Å². The average molecular weight is 217 g/mol. The molecule has 0 heterocycles. The molecule has 0 bridgehead atoms. The van der Waals surface area contributed by atoms with E-state index in [1.54, 1.807) is 13.8 Å².